The number of carbonyl (C=O) groups excluding carboxylic acids is 2. The molecular weight excluding hydrogens is 410 g/mol. The summed E-state index contributed by atoms with van der Waals surface area (Å²) < 4.78 is 11.3. The number of carboxylic acid groups (broad SMARTS) is 1. The molecule has 0 radical (unpaired) electrons. The number of rotatable bonds is 9. The molecule has 1 aliphatic rings. The Hall–Kier alpha value is -3.61. The maximum atomic E-state index is 13.1. The summed E-state index contributed by atoms with van der Waals surface area (Å²) in [6.07, 6.45) is 2.28. The number of carboxylic acids is 1. The first-order valence-electron chi connectivity index (χ1n) is 10.5. The number of methoxy groups -OCH3 is 1. The lowest BCUT2D eigenvalue weighted by atomic mass is 9.92. The Morgan fingerprint density at radius 3 is 2.44 bits per heavy atom. The molecule has 0 aliphatic carbocycles. The largest absolute Gasteiger partial charge is 0.493 e. The molecule has 0 unspecified atom stereocenters. The third kappa shape index (κ3) is 5.17. The number of amides is 2. The van der Waals surface area contributed by atoms with Gasteiger partial charge in [-0.15, -0.1) is 0 Å². The van der Waals surface area contributed by atoms with E-state index in [-0.39, 0.29) is 13.0 Å². The van der Waals surface area contributed by atoms with Crippen molar-refractivity contribution < 1.29 is 29.0 Å². The molecule has 7 nitrogen and oxygen atoms in total. The topological polar surface area (TPSA) is 93.1 Å². The molecule has 0 atom stereocenters. The van der Waals surface area contributed by atoms with E-state index in [1.165, 1.54) is 0 Å². The Labute approximate surface area is 187 Å². The summed E-state index contributed by atoms with van der Waals surface area (Å²) in [5.74, 6) is -0.411. The fraction of sp³-hybridized carbons (Fsp3) is 0.320. The quantitative estimate of drug-likeness (QED) is 0.469. The van der Waals surface area contributed by atoms with E-state index in [4.69, 9.17) is 14.6 Å². The molecule has 0 aromatic heterocycles. The zero-order valence-corrected chi connectivity index (χ0v) is 18.5. The molecule has 1 heterocycles. The van der Waals surface area contributed by atoms with E-state index < -0.39 is 17.8 Å². The van der Waals surface area contributed by atoms with E-state index >= 15 is 0 Å². The summed E-state index contributed by atoms with van der Waals surface area (Å²) in [5.41, 5.74) is 1.90. The molecule has 0 saturated heterocycles. The highest BCUT2D eigenvalue weighted by atomic mass is 16.5. The minimum atomic E-state index is -1.08. The first kappa shape index (κ1) is 23.1. The second-order valence-corrected chi connectivity index (χ2v) is 7.95. The number of aliphatic carboxylic acids is 1. The van der Waals surface area contributed by atoms with Gasteiger partial charge in [-0.25, -0.2) is 0 Å². The van der Waals surface area contributed by atoms with Crippen LogP contribution in [0.5, 0.6) is 11.5 Å². The van der Waals surface area contributed by atoms with E-state index in [9.17, 15) is 14.4 Å². The molecule has 2 amide bonds. The molecule has 32 heavy (non-hydrogen) atoms. The number of benzene rings is 2. The highest BCUT2D eigenvalue weighted by Gasteiger charge is 2.34. The van der Waals surface area contributed by atoms with Crippen LogP contribution in [0.2, 0.25) is 0 Å². The second-order valence-electron chi connectivity index (χ2n) is 7.95. The van der Waals surface area contributed by atoms with Crippen LogP contribution in [0, 0.1) is 5.92 Å². The van der Waals surface area contributed by atoms with Gasteiger partial charge in [-0.1, -0.05) is 38.1 Å². The van der Waals surface area contributed by atoms with Crippen LogP contribution < -0.4 is 9.47 Å². The van der Waals surface area contributed by atoms with Crippen LogP contribution >= 0.6 is 0 Å². The minimum Gasteiger partial charge on any atom is -0.493 e. The number of ether oxygens (including phenoxy) is 2. The molecule has 3 rings (SSSR count). The number of fused-ring (bicyclic) bond motifs is 1. The molecule has 2 aromatic carbocycles. The highest BCUT2D eigenvalue weighted by Crippen LogP contribution is 2.33. The normalized spacial score (nSPS) is 14.6. The molecule has 0 bridgehead atoms. The third-order valence-electron chi connectivity index (χ3n) is 5.17. The smallest absolute Gasteiger partial charge is 0.305 e. The van der Waals surface area contributed by atoms with Crippen molar-refractivity contribution in [1.29, 1.82) is 0 Å². The standard InChI is InChI=1S/C25H27NO6/c1-16(2)11-13-32-21-9-8-17(15-22(21)31-3)14-20-18-6-4-5-7-19(18)24(29)26(25(20)30)12-10-23(27)28/h4-9,14-16H,10-13H2,1-3H3,(H,27,28)/b20-14-. The lowest BCUT2D eigenvalue weighted by Gasteiger charge is -2.28. The fourth-order valence-electron chi connectivity index (χ4n) is 3.42. The van der Waals surface area contributed by atoms with Crippen molar-refractivity contribution in [2.45, 2.75) is 26.7 Å². The van der Waals surface area contributed by atoms with Gasteiger partial charge < -0.3 is 14.6 Å². The number of imide groups is 1. The Morgan fingerprint density at radius 1 is 1.06 bits per heavy atom. The Bertz CT molecular complexity index is 1060. The van der Waals surface area contributed by atoms with Crippen molar-refractivity contribution >= 4 is 29.4 Å². The summed E-state index contributed by atoms with van der Waals surface area (Å²) in [4.78, 5) is 37.9. The van der Waals surface area contributed by atoms with Gasteiger partial charge >= 0.3 is 5.97 Å². The van der Waals surface area contributed by atoms with Crippen LogP contribution in [-0.4, -0.2) is 48.1 Å². The van der Waals surface area contributed by atoms with Crippen LogP contribution in [0.3, 0.4) is 0 Å². The van der Waals surface area contributed by atoms with Crippen LogP contribution in [0.4, 0.5) is 0 Å². The zero-order valence-electron chi connectivity index (χ0n) is 18.5. The minimum absolute atomic E-state index is 0.190. The number of hydrogen-bond acceptors (Lipinski definition) is 5. The number of hydrogen-bond donors (Lipinski definition) is 1. The molecule has 0 spiro atoms. The molecule has 0 saturated carbocycles. The lowest BCUT2D eigenvalue weighted by molar-refractivity contribution is -0.137. The van der Waals surface area contributed by atoms with E-state index in [0.29, 0.717) is 46.3 Å². The van der Waals surface area contributed by atoms with E-state index in [1.54, 1.807) is 49.6 Å². The predicted octanol–water partition coefficient (Wildman–Crippen LogP) is 4.12. The van der Waals surface area contributed by atoms with Crippen LogP contribution in [0.1, 0.15) is 48.2 Å². The van der Waals surface area contributed by atoms with Gasteiger partial charge in [0.25, 0.3) is 11.8 Å². The maximum absolute atomic E-state index is 13.1. The molecule has 0 fully saturated rings. The van der Waals surface area contributed by atoms with Gasteiger partial charge in [-0.3, -0.25) is 19.3 Å². The highest BCUT2D eigenvalue weighted by molar-refractivity contribution is 6.33. The Morgan fingerprint density at radius 2 is 1.78 bits per heavy atom. The SMILES string of the molecule is COc1cc(/C=C2\C(=O)N(CCC(=O)O)C(=O)c3ccccc32)ccc1OCCC(C)C. The first-order valence-corrected chi connectivity index (χ1v) is 10.5. The molecule has 1 aliphatic heterocycles. The summed E-state index contributed by atoms with van der Waals surface area (Å²) in [7, 11) is 1.55. The van der Waals surface area contributed by atoms with E-state index in [1.807, 2.05) is 6.07 Å². The van der Waals surface area contributed by atoms with Gasteiger partial charge in [0.2, 0.25) is 0 Å². The van der Waals surface area contributed by atoms with Crippen molar-refractivity contribution in [1.82, 2.24) is 4.90 Å². The summed E-state index contributed by atoms with van der Waals surface area (Å²) >= 11 is 0. The van der Waals surface area contributed by atoms with Gasteiger partial charge in [0.1, 0.15) is 0 Å². The Kier molecular flexibility index (Phi) is 7.30. The van der Waals surface area contributed by atoms with Crippen molar-refractivity contribution in [3.05, 3.63) is 59.2 Å². The van der Waals surface area contributed by atoms with E-state index in [0.717, 1.165) is 11.3 Å². The molecule has 7 heteroatoms. The predicted molar refractivity (Wildman–Crippen MR) is 121 cm³/mol. The zero-order chi connectivity index (χ0) is 23.3. The Balaban J connectivity index is 1.96. The average molecular weight is 437 g/mol. The van der Waals surface area contributed by atoms with Crippen molar-refractivity contribution in [3.63, 3.8) is 0 Å². The van der Waals surface area contributed by atoms with Crippen molar-refractivity contribution in [3.8, 4) is 11.5 Å². The van der Waals surface area contributed by atoms with Gasteiger partial charge in [0, 0.05) is 17.7 Å². The first-order chi connectivity index (χ1) is 15.3. The fourth-order valence-corrected chi connectivity index (χ4v) is 3.42. The lowest BCUT2D eigenvalue weighted by Crippen LogP contribution is -2.42. The van der Waals surface area contributed by atoms with Crippen LogP contribution in [0.15, 0.2) is 42.5 Å². The van der Waals surface area contributed by atoms with Gasteiger partial charge in [0.05, 0.1) is 20.1 Å². The van der Waals surface area contributed by atoms with Crippen LogP contribution in [-0.2, 0) is 9.59 Å². The van der Waals surface area contributed by atoms with Gasteiger partial charge in [0.15, 0.2) is 11.5 Å². The van der Waals surface area contributed by atoms with Crippen molar-refractivity contribution in [2.24, 2.45) is 5.92 Å². The van der Waals surface area contributed by atoms with Crippen molar-refractivity contribution in [2.75, 3.05) is 20.3 Å². The molecule has 168 valence electrons. The third-order valence-corrected chi connectivity index (χ3v) is 5.17. The monoisotopic (exact) mass is 437 g/mol. The molecular formula is C25H27NO6. The maximum Gasteiger partial charge on any atom is 0.305 e. The average Bonchev–Trinajstić information content (AvgIpc) is 2.76. The van der Waals surface area contributed by atoms with Gasteiger partial charge in [-0.05, 0) is 47.7 Å². The summed E-state index contributed by atoms with van der Waals surface area (Å²) in [6, 6.07) is 12.2. The molecule has 2 aromatic rings. The second kappa shape index (κ2) is 10.1. The summed E-state index contributed by atoms with van der Waals surface area (Å²) in [5, 5.41) is 9.00. The number of nitrogens with zero attached hydrogens (tertiary/aromatic N) is 1. The van der Waals surface area contributed by atoms with E-state index in [2.05, 4.69) is 13.8 Å². The molecule has 1 N–H and O–H groups in total. The summed E-state index contributed by atoms with van der Waals surface area (Å²) in [6.45, 7) is 4.63. The van der Waals surface area contributed by atoms with Crippen LogP contribution in [0.25, 0.3) is 11.6 Å². The van der Waals surface area contributed by atoms with Gasteiger partial charge in [-0.2, -0.15) is 0 Å². The number of carbonyl (C=O) groups is 3.